The Morgan fingerprint density at radius 1 is 1.00 bits per heavy atom. The van der Waals surface area contributed by atoms with Crippen LogP contribution in [0.5, 0.6) is 0 Å². The van der Waals surface area contributed by atoms with Crippen LogP contribution in [0.3, 0.4) is 0 Å². The van der Waals surface area contributed by atoms with E-state index >= 15 is 0 Å². The average Bonchev–Trinajstić information content (AvgIpc) is 2.01. The SMILES string of the molecule is C1CNCCN1.O=P([O-])([O-])OP(=O)([O-])O.[Al+3]. The summed E-state index contributed by atoms with van der Waals surface area (Å²) in [5, 5.41) is 6.44. The maximum absolute atomic E-state index is 9.44. The van der Waals surface area contributed by atoms with Gasteiger partial charge in [-0.3, -0.25) is 8.88 Å². The molecule has 0 spiro atoms. The summed E-state index contributed by atoms with van der Waals surface area (Å²) in [6.07, 6.45) is 0. The van der Waals surface area contributed by atoms with Gasteiger partial charge in [0.05, 0.1) is 7.82 Å². The third-order valence-corrected chi connectivity index (χ3v) is 2.79. The Hall–Kier alpha value is 0.712. The van der Waals surface area contributed by atoms with Gasteiger partial charge in [-0.15, -0.1) is 0 Å². The van der Waals surface area contributed by atoms with Crippen molar-refractivity contribution in [1.82, 2.24) is 10.6 Å². The average molecular weight is 288 g/mol. The fraction of sp³-hybridized carbons (Fsp3) is 1.00. The molecule has 1 heterocycles. The van der Waals surface area contributed by atoms with Crippen molar-refractivity contribution in [2.24, 2.45) is 0 Å². The molecule has 0 aromatic rings. The molecule has 0 aromatic heterocycles. The Bertz CT molecular complexity index is 230. The minimum atomic E-state index is -5.61. The second-order valence-corrected chi connectivity index (χ2v) is 4.98. The first-order valence-corrected chi connectivity index (χ1v) is 6.85. The Kier molecular flexibility index (Phi) is 10.4. The molecule has 1 aliphatic rings. The molecule has 0 amide bonds. The normalized spacial score (nSPS) is 19.8. The number of piperazine rings is 1. The summed E-state index contributed by atoms with van der Waals surface area (Å²) in [6.45, 7) is 4.56. The van der Waals surface area contributed by atoms with Gasteiger partial charge in [0.25, 0.3) is 7.82 Å². The van der Waals surface area contributed by atoms with Crippen molar-refractivity contribution in [3.8, 4) is 0 Å². The Balaban J connectivity index is 0. The molecule has 1 fully saturated rings. The van der Waals surface area contributed by atoms with E-state index in [1.165, 1.54) is 0 Å². The molecule has 12 heteroatoms. The fourth-order valence-electron chi connectivity index (χ4n) is 0.730. The molecule has 1 rings (SSSR count). The molecule has 0 aliphatic carbocycles. The van der Waals surface area contributed by atoms with Gasteiger partial charge in [-0.2, -0.15) is 0 Å². The first-order valence-electron chi connectivity index (χ1n) is 3.89. The summed E-state index contributed by atoms with van der Waals surface area (Å²) >= 11 is 0. The maximum Gasteiger partial charge on any atom is 3.00 e. The summed E-state index contributed by atoms with van der Waals surface area (Å²) in [6, 6.07) is 0. The molecule has 1 saturated heterocycles. The molecular formula is C4H11AlN2O7P2. The molecule has 0 radical (unpaired) electrons. The molecule has 92 valence electrons. The van der Waals surface area contributed by atoms with Crippen LogP contribution in [-0.4, -0.2) is 48.4 Å². The molecule has 0 saturated carbocycles. The number of hydrogen-bond acceptors (Lipinski definition) is 8. The van der Waals surface area contributed by atoms with Gasteiger partial charge in [0.1, 0.15) is 0 Å². The van der Waals surface area contributed by atoms with Crippen LogP contribution in [-0.2, 0) is 13.4 Å². The van der Waals surface area contributed by atoms with E-state index in [4.69, 9.17) is 4.89 Å². The second kappa shape index (κ2) is 8.75. The van der Waals surface area contributed by atoms with E-state index in [0.29, 0.717) is 0 Å². The van der Waals surface area contributed by atoms with Crippen LogP contribution in [0, 0.1) is 0 Å². The third kappa shape index (κ3) is 17.1. The quantitative estimate of drug-likeness (QED) is 0.341. The molecule has 16 heavy (non-hydrogen) atoms. The van der Waals surface area contributed by atoms with Crippen LogP contribution in [0.4, 0.5) is 0 Å². The van der Waals surface area contributed by atoms with Gasteiger partial charge in [0.2, 0.25) is 0 Å². The van der Waals surface area contributed by atoms with Crippen LogP contribution >= 0.6 is 15.6 Å². The van der Waals surface area contributed by atoms with Gasteiger partial charge in [0.15, 0.2) is 0 Å². The van der Waals surface area contributed by atoms with Gasteiger partial charge in [-0.05, 0) is 0 Å². The van der Waals surface area contributed by atoms with Gasteiger partial charge >= 0.3 is 17.4 Å². The van der Waals surface area contributed by atoms with Crippen molar-refractivity contribution in [1.29, 1.82) is 0 Å². The summed E-state index contributed by atoms with van der Waals surface area (Å²) in [5.41, 5.74) is 0. The summed E-state index contributed by atoms with van der Waals surface area (Å²) in [5.74, 6) is 0. The molecule has 1 unspecified atom stereocenters. The number of nitrogens with one attached hydrogen (secondary N) is 2. The zero-order valence-corrected chi connectivity index (χ0v) is 11.1. The number of rotatable bonds is 2. The topological polar surface area (TPSA) is 157 Å². The van der Waals surface area contributed by atoms with Crippen LogP contribution in [0.25, 0.3) is 0 Å². The molecular weight excluding hydrogens is 277 g/mol. The number of phosphoric acid groups is 2. The van der Waals surface area contributed by atoms with Crippen LogP contribution < -0.4 is 25.3 Å². The largest absolute Gasteiger partial charge is 3.00 e. The summed E-state index contributed by atoms with van der Waals surface area (Å²) in [7, 11) is -11.0. The minimum absolute atomic E-state index is 0. The molecule has 1 atom stereocenters. The van der Waals surface area contributed by atoms with Gasteiger partial charge in [-0.1, -0.05) is 0 Å². The van der Waals surface area contributed by atoms with Crippen molar-refractivity contribution in [3.63, 3.8) is 0 Å². The van der Waals surface area contributed by atoms with Gasteiger partial charge < -0.3 is 34.8 Å². The predicted molar refractivity (Wildman–Crippen MR) is 50.0 cm³/mol. The van der Waals surface area contributed by atoms with E-state index in [1.807, 2.05) is 0 Å². The van der Waals surface area contributed by atoms with E-state index in [-0.39, 0.29) is 17.4 Å². The summed E-state index contributed by atoms with van der Waals surface area (Å²) < 4.78 is 21.4. The first-order chi connectivity index (χ1) is 6.71. The molecule has 1 aliphatic heterocycles. The molecule has 0 bridgehead atoms. The van der Waals surface area contributed by atoms with E-state index < -0.39 is 15.6 Å². The minimum Gasteiger partial charge on any atom is -0.790 e. The smallest absolute Gasteiger partial charge is 0.790 e. The predicted octanol–water partition coefficient (Wildman–Crippen LogP) is -3.91. The molecule has 3 N–H and O–H groups in total. The Labute approximate surface area is 103 Å². The monoisotopic (exact) mass is 288 g/mol. The standard InChI is InChI=1S/C4H10N2.Al.H4O7P2/c1-2-6-4-3-5-1;;1-8(2,3)7-9(4,5)6/h5-6H,1-4H2;;(H2,1,2,3)(H2,4,5,6)/q;+3;/p-3. The van der Waals surface area contributed by atoms with Gasteiger partial charge in [-0.25, -0.2) is 0 Å². The van der Waals surface area contributed by atoms with Crippen molar-refractivity contribution >= 4 is 33.0 Å². The van der Waals surface area contributed by atoms with E-state index in [2.05, 4.69) is 14.9 Å². The van der Waals surface area contributed by atoms with Crippen LogP contribution in [0.1, 0.15) is 0 Å². The van der Waals surface area contributed by atoms with E-state index in [1.54, 1.807) is 0 Å². The molecule has 0 aromatic carbocycles. The zero-order valence-electron chi connectivity index (χ0n) is 8.20. The van der Waals surface area contributed by atoms with Crippen LogP contribution in [0.15, 0.2) is 0 Å². The Morgan fingerprint density at radius 3 is 1.38 bits per heavy atom. The third-order valence-electron chi connectivity index (χ3n) is 1.16. The Morgan fingerprint density at radius 2 is 1.31 bits per heavy atom. The number of hydrogen-bond donors (Lipinski definition) is 3. The van der Waals surface area contributed by atoms with Crippen molar-refractivity contribution in [2.45, 2.75) is 0 Å². The van der Waals surface area contributed by atoms with Gasteiger partial charge in [0, 0.05) is 26.2 Å². The van der Waals surface area contributed by atoms with E-state index in [9.17, 15) is 23.8 Å². The van der Waals surface area contributed by atoms with E-state index in [0.717, 1.165) is 26.2 Å². The maximum atomic E-state index is 9.44. The summed E-state index contributed by atoms with van der Waals surface area (Å²) in [4.78, 5) is 35.7. The van der Waals surface area contributed by atoms with Crippen molar-refractivity contribution in [2.75, 3.05) is 26.2 Å². The van der Waals surface area contributed by atoms with Crippen molar-refractivity contribution < 1.29 is 33.0 Å². The first kappa shape index (κ1) is 19.1. The molecule has 9 nitrogen and oxygen atoms in total. The fourth-order valence-corrected chi connectivity index (χ4v) is 1.74. The second-order valence-electron chi connectivity index (χ2n) is 2.50. The zero-order chi connectivity index (χ0) is 11.9. The van der Waals surface area contributed by atoms with Crippen molar-refractivity contribution in [3.05, 3.63) is 0 Å². The van der Waals surface area contributed by atoms with Crippen LogP contribution in [0.2, 0.25) is 0 Å².